The van der Waals surface area contributed by atoms with Crippen LogP contribution in [0.25, 0.3) is 0 Å². The van der Waals surface area contributed by atoms with E-state index in [-0.39, 0.29) is 5.91 Å². The highest BCUT2D eigenvalue weighted by atomic mass is 19.1. The number of anilines is 2. The first kappa shape index (κ1) is 15.0. The number of para-hydroxylation sites is 1. The number of hydrogen-bond donors (Lipinski definition) is 0. The molecular weight excluding hydrogens is 295 g/mol. The highest BCUT2D eigenvalue weighted by Gasteiger charge is 2.36. The lowest BCUT2D eigenvalue weighted by molar-refractivity contribution is -0.118. The van der Waals surface area contributed by atoms with Crippen molar-refractivity contribution in [2.45, 2.75) is 12.5 Å². The Labute approximate surface area is 133 Å². The molecule has 2 aromatic rings. The Hall–Kier alpha value is -2.94. The van der Waals surface area contributed by atoms with Gasteiger partial charge in [0.1, 0.15) is 23.7 Å². The molecule has 1 saturated heterocycles. The third kappa shape index (κ3) is 2.73. The predicted octanol–water partition coefficient (Wildman–Crippen LogP) is 2.33. The molecule has 116 valence electrons. The van der Waals surface area contributed by atoms with E-state index in [9.17, 15) is 9.18 Å². The molecule has 23 heavy (non-hydrogen) atoms. The molecule has 3 rings (SSSR count). The first-order valence-corrected chi connectivity index (χ1v) is 7.26. The van der Waals surface area contributed by atoms with Crippen molar-refractivity contribution in [3.8, 4) is 6.07 Å². The fourth-order valence-corrected chi connectivity index (χ4v) is 2.75. The molecule has 0 radical (unpaired) electrons. The van der Waals surface area contributed by atoms with Gasteiger partial charge in [-0.15, -0.1) is 0 Å². The van der Waals surface area contributed by atoms with Crippen molar-refractivity contribution in [1.82, 2.24) is 4.98 Å². The van der Waals surface area contributed by atoms with Crippen LogP contribution in [-0.4, -0.2) is 30.5 Å². The average molecular weight is 310 g/mol. The van der Waals surface area contributed by atoms with E-state index >= 15 is 0 Å². The summed E-state index contributed by atoms with van der Waals surface area (Å²) in [5.41, 5.74) is 0.772. The number of carbonyl (C=O) groups is 1. The molecule has 0 unspecified atom stereocenters. The molecule has 0 spiro atoms. The van der Waals surface area contributed by atoms with Gasteiger partial charge in [-0.2, -0.15) is 5.26 Å². The van der Waals surface area contributed by atoms with Gasteiger partial charge < -0.3 is 9.80 Å². The van der Waals surface area contributed by atoms with Crippen LogP contribution in [-0.2, 0) is 4.79 Å². The number of aromatic nitrogens is 1. The summed E-state index contributed by atoms with van der Waals surface area (Å²) in [5.74, 6) is 0.0575. The molecule has 0 N–H and O–H groups in total. The smallest absolute Gasteiger partial charge is 0.249 e. The Kier molecular flexibility index (Phi) is 3.94. The van der Waals surface area contributed by atoms with Crippen molar-refractivity contribution in [2.24, 2.45) is 0 Å². The Morgan fingerprint density at radius 1 is 1.35 bits per heavy atom. The molecule has 1 aliphatic rings. The van der Waals surface area contributed by atoms with Crippen LogP contribution in [0.4, 0.5) is 15.9 Å². The second-order valence-electron chi connectivity index (χ2n) is 5.37. The van der Waals surface area contributed by atoms with Gasteiger partial charge in [-0.25, -0.2) is 9.37 Å². The number of hydrogen-bond acceptors (Lipinski definition) is 4. The number of carbonyl (C=O) groups excluding carboxylic acids is 1. The van der Waals surface area contributed by atoms with Crippen molar-refractivity contribution in [1.29, 1.82) is 5.26 Å². The van der Waals surface area contributed by atoms with Gasteiger partial charge in [-0.3, -0.25) is 4.79 Å². The molecule has 0 bridgehead atoms. The minimum absolute atomic E-state index is 0.149. The molecule has 5 nitrogen and oxygen atoms in total. The summed E-state index contributed by atoms with van der Waals surface area (Å²) in [6, 6.07) is 11.3. The molecule has 1 amide bonds. The number of nitriles is 1. The van der Waals surface area contributed by atoms with Crippen LogP contribution >= 0.6 is 0 Å². The van der Waals surface area contributed by atoms with Crippen LogP contribution in [0.15, 0.2) is 42.6 Å². The highest BCUT2D eigenvalue weighted by molar-refractivity contribution is 6.01. The van der Waals surface area contributed by atoms with Gasteiger partial charge >= 0.3 is 0 Å². The van der Waals surface area contributed by atoms with E-state index < -0.39 is 11.9 Å². The standard InChI is InChI=1S/C17H15FN4O/c1-21(16-7-6-12(10-19)11-20-16)15-8-9-22(17(15)23)14-5-3-2-4-13(14)18/h2-7,11,15H,8-9H2,1H3/t15-/m1/s1. The zero-order chi connectivity index (χ0) is 16.4. The van der Waals surface area contributed by atoms with Gasteiger partial charge in [-0.05, 0) is 30.7 Å². The topological polar surface area (TPSA) is 60.2 Å². The second-order valence-corrected chi connectivity index (χ2v) is 5.37. The number of likely N-dealkylation sites (N-methyl/N-ethyl adjacent to an activating group) is 1. The Bertz CT molecular complexity index is 769. The maximum absolute atomic E-state index is 13.9. The highest BCUT2D eigenvalue weighted by Crippen LogP contribution is 2.27. The van der Waals surface area contributed by atoms with Gasteiger partial charge in [0.2, 0.25) is 5.91 Å². The van der Waals surface area contributed by atoms with E-state index in [1.807, 2.05) is 6.07 Å². The molecule has 0 aliphatic carbocycles. The predicted molar refractivity (Wildman–Crippen MR) is 84.5 cm³/mol. The first-order valence-electron chi connectivity index (χ1n) is 7.26. The molecule has 1 atom stereocenters. The number of nitrogens with zero attached hydrogens (tertiary/aromatic N) is 4. The average Bonchev–Trinajstić information content (AvgIpc) is 2.96. The number of pyridine rings is 1. The molecule has 6 heteroatoms. The van der Waals surface area contributed by atoms with Crippen molar-refractivity contribution < 1.29 is 9.18 Å². The fourth-order valence-electron chi connectivity index (χ4n) is 2.75. The van der Waals surface area contributed by atoms with E-state index in [1.54, 1.807) is 42.3 Å². The maximum atomic E-state index is 13.9. The van der Waals surface area contributed by atoms with Crippen molar-refractivity contribution in [3.63, 3.8) is 0 Å². The Morgan fingerprint density at radius 3 is 2.78 bits per heavy atom. The monoisotopic (exact) mass is 310 g/mol. The van der Waals surface area contributed by atoms with Crippen LogP contribution in [0.1, 0.15) is 12.0 Å². The number of benzene rings is 1. The maximum Gasteiger partial charge on any atom is 0.249 e. The van der Waals surface area contributed by atoms with Gasteiger partial charge in [-0.1, -0.05) is 12.1 Å². The molecule has 1 fully saturated rings. The van der Waals surface area contributed by atoms with Gasteiger partial charge in [0.15, 0.2) is 0 Å². The summed E-state index contributed by atoms with van der Waals surface area (Å²) >= 11 is 0. The molecule has 0 saturated carbocycles. The van der Waals surface area contributed by atoms with Gasteiger partial charge in [0, 0.05) is 19.8 Å². The molecular formula is C17H15FN4O. The van der Waals surface area contributed by atoms with E-state index in [4.69, 9.17) is 5.26 Å². The largest absolute Gasteiger partial charge is 0.348 e. The molecule has 1 aromatic carbocycles. The third-order valence-corrected chi connectivity index (χ3v) is 4.03. The SMILES string of the molecule is CN(c1ccc(C#N)cn1)[C@@H]1CCN(c2ccccc2F)C1=O. The minimum atomic E-state index is -0.402. The summed E-state index contributed by atoms with van der Waals surface area (Å²) in [6.07, 6.45) is 2.06. The number of amides is 1. The van der Waals surface area contributed by atoms with Crippen LogP contribution in [0.5, 0.6) is 0 Å². The Balaban J connectivity index is 1.81. The lowest BCUT2D eigenvalue weighted by Gasteiger charge is -2.25. The lowest BCUT2D eigenvalue weighted by atomic mass is 10.2. The van der Waals surface area contributed by atoms with Crippen molar-refractivity contribution in [3.05, 3.63) is 54.0 Å². The summed E-state index contributed by atoms with van der Waals surface area (Å²) in [7, 11) is 1.78. The normalized spacial score (nSPS) is 17.2. The van der Waals surface area contributed by atoms with Crippen LogP contribution in [0.2, 0.25) is 0 Å². The van der Waals surface area contributed by atoms with Crippen LogP contribution < -0.4 is 9.80 Å². The zero-order valence-corrected chi connectivity index (χ0v) is 12.6. The zero-order valence-electron chi connectivity index (χ0n) is 12.6. The van der Waals surface area contributed by atoms with Crippen LogP contribution in [0, 0.1) is 17.1 Å². The van der Waals surface area contributed by atoms with E-state index in [0.717, 1.165) is 0 Å². The summed E-state index contributed by atoms with van der Waals surface area (Å²) in [4.78, 5) is 20.1. The third-order valence-electron chi connectivity index (χ3n) is 4.03. The molecule has 1 aliphatic heterocycles. The number of halogens is 1. The quantitative estimate of drug-likeness (QED) is 0.873. The molecule has 1 aromatic heterocycles. The summed E-state index contributed by atoms with van der Waals surface area (Å²) in [6.45, 7) is 0.463. The van der Waals surface area contributed by atoms with E-state index in [2.05, 4.69) is 4.98 Å². The van der Waals surface area contributed by atoms with E-state index in [1.165, 1.54) is 17.2 Å². The van der Waals surface area contributed by atoms with Crippen LogP contribution in [0.3, 0.4) is 0 Å². The number of rotatable bonds is 3. The van der Waals surface area contributed by atoms with Gasteiger partial charge in [0.05, 0.1) is 11.3 Å². The second kappa shape index (κ2) is 6.05. The van der Waals surface area contributed by atoms with E-state index in [0.29, 0.717) is 30.0 Å². The fraction of sp³-hybridized carbons (Fsp3) is 0.235. The summed E-state index contributed by atoms with van der Waals surface area (Å²) in [5, 5.41) is 8.81. The van der Waals surface area contributed by atoms with Gasteiger partial charge in [0.25, 0.3) is 0 Å². The van der Waals surface area contributed by atoms with Crippen molar-refractivity contribution in [2.75, 3.05) is 23.4 Å². The lowest BCUT2D eigenvalue weighted by Crippen LogP contribution is -2.40. The van der Waals surface area contributed by atoms with Crippen molar-refractivity contribution >= 4 is 17.4 Å². The summed E-state index contributed by atoms with van der Waals surface area (Å²) < 4.78 is 13.9. The Morgan fingerprint density at radius 2 is 2.13 bits per heavy atom. The molecule has 2 heterocycles. The minimum Gasteiger partial charge on any atom is -0.348 e. The first-order chi connectivity index (χ1) is 11.1.